The van der Waals surface area contributed by atoms with Crippen molar-refractivity contribution in [3.05, 3.63) is 101 Å². The van der Waals surface area contributed by atoms with E-state index in [1.165, 1.54) is 11.1 Å². The topological polar surface area (TPSA) is 50.7 Å². The maximum absolute atomic E-state index is 12.3. The van der Waals surface area contributed by atoms with Crippen LogP contribution in [0.3, 0.4) is 0 Å². The van der Waals surface area contributed by atoms with Crippen molar-refractivity contribution in [1.82, 2.24) is 5.43 Å². The molecule has 1 amide bonds. The molecule has 0 aliphatic rings. The van der Waals surface area contributed by atoms with Crippen molar-refractivity contribution in [2.24, 2.45) is 5.10 Å². The van der Waals surface area contributed by atoms with Gasteiger partial charge in [0.25, 0.3) is 5.91 Å². The van der Waals surface area contributed by atoms with Gasteiger partial charge in [-0.15, -0.1) is 0 Å². The molecule has 0 aliphatic carbocycles. The highest BCUT2D eigenvalue weighted by atomic mass is 16.5. The highest BCUT2D eigenvalue weighted by molar-refractivity contribution is 6.00. The molecule has 3 aromatic carbocycles. The Balaban J connectivity index is 1.58. The summed E-state index contributed by atoms with van der Waals surface area (Å²) in [4.78, 5) is 12.3. The molecule has 0 unspecified atom stereocenters. The van der Waals surface area contributed by atoms with Crippen molar-refractivity contribution >= 4 is 11.6 Å². The Morgan fingerprint density at radius 3 is 2.14 bits per heavy atom. The van der Waals surface area contributed by atoms with Crippen LogP contribution in [0.25, 0.3) is 0 Å². The Hall–Kier alpha value is -3.40. The number of carbonyl (C=O) groups excluding carboxylic acids is 1. The first-order chi connectivity index (χ1) is 14.2. The average Bonchev–Trinajstić information content (AvgIpc) is 2.77. The van der Waals surface area contributed by atoms with Crippen LogP contribution >= 0.6 is 0 Å². The minimum atomic E-state index is -0.243. The van der Waals surface area contributed by atoms with Gasteiger partial charge >= 0.3 is 0 Å². The highest BCUT2D eigenvalue weighted by Crippen LogP contribution is 2.13. The molecular formula is C25H26N2O2. The van der Waals surface area contributed by atoms with Gasteiger partial charge in [0.1, 0.15) is 5.75 Å². The Kier molecular flexibility index (Phi) is 7.17. The molecule has 0 aromatic heterocycles. The monoisotopic (exact) mass is 386 g/mol. The van der Waals surface area contributed by atoms with Crippen LogP contribution in [0.5, 0.6) is 5.75 Å². The zero-order valence-corrected chi connectivity index (χ0v) is 16.9. The molecule has 4 nitrogen and oxygen atoms in total. The molecule has 29 heavy (non-hydrogen) atoms. The molecule has 0 saturated carbocycles. The molecule has 0 aliphatic heterocycles. The standard InChI is InChI=1S/C25H26N2O2/c1-3-17-29-24-15-13-23(14-16-24)25(28)27-26-19(2)22-11-9-21(10-12-22)18-20-7-5-4-6-8-20/h4-16H,3,17-18H2,1-2H3,(H,27,28)/b26-19+. The van der Waals surface area contributed by atoms with E-state index >= 15 is 0 Å². The van der Waals surface area contributed by atoms with Crippen molar-refractivity contribution in [3.8, 4) is 5.75 Å². The van der Waals surface area contributed by atoms with Gasteiger partial charge in [-0.25, -0.2) is 5.43 Å². The molecule has 148 valence electrons. The van der Waals surface area contributed by atoms with Crippen molar-refractivity contribution in [3.63, 3.8) is 0 Å². The quantitative estimate of drug-likeness (QED) is 0.426. The summed E-state index contributed by atoms with van der Waals surface area (Å²) in [5.41, 5.74) is 7.42. The van der Waals surface area contributed by atoms with Crippen molar-refractivity contribution in [2.45, 2.75) is 26.7 Å². The van der Waals surface area contributed by atoms with Crippen molar-refractivity contribution < 1.29 is 9.53 Å². The molecule has 1 N–H and O–H groups in total. The Morgan fingerprint density at radius 2 is 1.48 bits per heavy atom. The van der Waals surface area contributed by atoms with Crippen LogP contribution < -0.4 is 10.2 Å². The summed E-state index contributed by atoms with van der Waals surface area (Å²) in [5, 5.41) is 4.24. The lowest BCUT2D eigenvalue weighted by molar-refractivity contribution is 0.0955. The molecule has 0 spiro atoms. The summed E-state index contributed by atoms with van der Waals surface area (Å²) in [6.07, 6.45) is 1.84. The van der Waals surface area contributed by atoms with Gasteiger partial charge in [-0.1, -0.05) is 61.5 Å². The van der Waals surface area contributed by atoms with E-state index in [0.717, 1.165) is 29.9 Å². The zero-order chi connectivity index (χ0) is 20.5. The van der Waals surface area contributed by atoms with Gasteiger partial charge in [-0.3, -0.25) is 4.79 Å². The van der Waals surface area contributed by atoms with E-state index in [1.54, 1.807) is 24.3 Å². The maximum Gasteiger partial charge on any atom is 0.271 e. The smallest absolute Gasteiger partial charge is 0.271 e. The van der Waals surface area contributed by atoms with Crippen molar-refractivity contribution in [2.75, 3.05) is 6.61 Å². The minimum absolute atomic E-state index is 0.243. The predicted octanol–water partition coefficient (Wildman–Crippen LogP) is 5.22. The zero-order valence-electron chi connectivity index (χ0n) is 16.9. The van der Waals surface area contributed by atoms with Gasteiger partial charge in [0.15, 0.2) is 0 Å². The molecule has 3 rings (SSSR count). The summed E-state index contributed by atoms with van der Waals surface area (Å²) < 4.78 is 5.53. The van der Waals surface area contributed by atoms with E-state index in [9.17, 15) is 4.79 Å². The van der Waals surface area contributed by atoms with Gasteiger partial charge in [0.05, 0.1) is 12.3 Å². The molecule has 0 atom stereocenters. The van der Waals surface area contributed by atoms with E-state index in [-0.39, 0.29) is 5.91 Å². The normalized spacial score (nSPS) is 11.2. The molecule has 0 radical (unpaired) electrons. The fourth-order valence-electron chi connectivity index (χ4n) is 2.88. The second kappa shape index (κ2) is 10.2. The number of rotatable bonds is 8. The Bertz CT molecular complexity index is 946. The molecule has 3 aromatic rings. The largest absolute Gasteiger partial charge is 0.494 e. The summed E-state index contributed by atoms with van der Waals surface area (Å²) in [5.74, 6) is 0.519. The van der Waals surface area contributed by atoms with Crippen LogP contribution in [-0.2, 0) is 6.42 Å². The van der Waals surface area contributed by atoms with E-state index in [4.69, 9.17) is 4.74 Å². The third kappa shape index (κ3) is 6.04. The third-order valence-corrected chi connectivity index (χ3v) is 4.54. The fourth-order valence-corrected chi connectivity index (χ4v) is 2.88. The number of nitrogens with zero attached hydrogens (tertiary/aromatic N) is 1. The van der Waals surface area contributed by atoms with Crippen LogP contribution in [0.4, 0.5) is 0 Å². The molecule has 4 heteroatoms. The van der Waals surface area contributed by atoms with E-state index in [1.807, 2.05) is 25.1 Å². The van der Waals surface area contributed by atoms with Gasteiger partial charge < -0.3 is 4.74 Å². The maximum atomic E-state index is 12.3. The van der Waals surface area contributed by atoms with Gasteiger partial charge in [-0.05, 0) is 60.7 Å². The Morgan fingerprint density at radius 1 is 0.862 bits per heavy atom. The van der Waals surface area contributed by atoms with Crippen LogP contribution in [0.15, 0.2) is 84.0 Å². The number of hydrogen-bond acceptors (Lipinski definition) is 3. The first-order valence-electron chi connectivity index (χ1n) is 9.86. The SMILES string of the molecule is CCCOc1ccc(C(=O)N/N=C(\C)c2ccc(Cc3ccccc3)cc2)cc1. The molecule has 0 bridgehead atoms. The lowest BCUT2D eigenvalue weighted by Gasteiger charge is -2.07. The summed E-state index contributed by atoms with van der Waals surface area (Å²) in [6.45, 7) is 4.60. The second-order valence-electron chi connectivity index (χ2n) is 6.87. The minimum Gasteiger partial charge on any atom is -0.494 e. The average molecular weight is 386 g/mol. The molecule has 0 fully saturated rings. The number of carbonyl (C=O) groups is 1. The molecule has 0 heterocycles. The van der Waals surface area contributed by atoms with Gasteiger partial charge in [0, 0.05) is 5.56 Å². The molecule has 0 saturated heterocycles. The summed E-state index contributed by atoms with van der Waals surface area (Å²) in [7, 11) is 0. The first-order valence-corrected chi connectivity index (χ1v) is 9.86. The van der Waals surface area contributed by atoms with Crippen LogP contribution in [0.1, 0.15) is 47.3 Å². The van der Waals surface area contributed by atoms with Gasteiger partial charge in [0.2, 0.25) is 0 Å². The van der Waals surface area contributed by atoms with E-state index in [2.05, 4.69) is 53.8 Å². The van der Waals surface area contributed by atoms with Crippen LogP contribution in [0.2, 0.25) is 0 Å². The number of nitrogens with one attached hydrogen (secondary N) is 1. The highest BCUT2D eigenvalue weighted by Gasteiger charge is 2.06. The summed E-state index contributed by atoms with van der Waals surface area (Å²) in [6, 6.07) is 25.7. The fraction of sp³-hybridized carbons (Fsp3) is 0.200. The number of hydrogen-bond donors (Lipinski definition) is 1. The number of benzene rings is 3. The number of ether oxygens (including phenoxy) is 1. The number of hydrazone groups is 1. The van der Waals surface area contributed by atoms with Gasteiger partial charge in [-0.2, -0.15) is 5.10 Å². The summed E-state index contributed by atoms with van der Waals surface area (Å²) >= 11 is 0. The molecular weight excluding hydrogens is 360 g/mol. The predicted molar refractivity (Wildman–Crippen MR) is 118 cm³/mol. The van der Waals surface area contributed by atoms with E-state index < -0.39 is 0 Å². The lowest BCUT2D eigenvalue weighted by Crippen LogP contribution is -2.19. The van der Waals surface area contributed by atoms with Crippen LogP contribution in [-0.4, -0.2) is 18.2 Å². The first kappa shape index (κ1) is 20.3. The van der Waals surface area contributed by atoms with Crippen molar-refractivity contribution in [1.29, 1.82) is 0 Å². The van der Waals surface area contributed by atoms with Crippen LogP contribution in [0, 0.1) is 0 Å². The number of amides is 1. The second-order valence-corrected chi connectivity index (χ2v) is 6.87. The van der Waals surface area contributed by atoms with E-state index in [0.29, 0.717) is 12.2 Å². The Labute approximate surface area is 172 Å². The lowest BCUT2D eigenvalue weighted by atomic mass is 10.0. The third-order valence-electron chi connectivity index (χ3n) is 4.54.